The highest BCUT2D eigenvalue weighted by atomic mass is 19.4. The van der Waals surface area contributed by atoms with Crippen molar-refractivity contribution in [1.29, 1.82) is 0 Å². The Morgan fingerprint density at radius 3 is 2.44 bits per heavy atom. The molecule has 0 amide bonds. The van der Waals surface area contributed by atoms with Crippen molar-refractivity contribution in [2.45, 2.75) is 25.9 Å². The van der Waals surface area contributed by atoms with Crippen LogP contribution in [0.3, 0.4) is 0 Å². The minimum atomic E-state index is -4.33. The number of halogens is 3. The molecule has 1 aliphatic rings. The monoisotopic (exact) mass is 258 g/mol. The van der Waals surface area contributed by atoms with Crippen molar-refractivity contribution >= 4 is 5.97 Å². The second kappa shape index (κ2) is 4.30. The number of benzene rings is 1. The molecule has 0 radical (unpaired) electrons. The smallest absolute Gasteiger partial charge is 0.392 e. The van der Waals surface area contributed by atoms with Crippen LogP contribution in [0.2, 0.25) is 0 Å². The third-order valence-electron chi connectivity index (χ3n) is 3.46. The van der Waals surface area contributed by atoms with E-state index in [4.69, 9.17) is 4.74 Å². The summed E-state index contributed by atoms with van der Waals surface area (Å²) in [5, 5.41) is 0. The molecule has 0 aromatic heterocycles. The highest BCUT2D eigenvalue weighted by Gasteiger charge is 2.70. The molecule has 98 valence electrons. The first kappa shape index (κ1) is 12.9. The zero-order valence-corrected chi connectivity index (χ0v) is 9.83. The highest BCUT2D eigenvalue weighted by molar-refractivity contribution is 5.82. The van der Waals surface area contributed by atoms with Crippen molar-refractivity contribution in [3.63, 3.8) is 0 Å². The molecule has 0 heterocycles. The lowest BCUT2D eigenvalue weighted by Crippen LogP contribution is -2.28. The Morgan fingerprint density at radius 2 is 2.00 bits per heavy atom. The molecule has 0 bridgehead atoms. The summed E-state index contributed by atoms with van der Waals surface area (Å²) < 4.78 is 42.9. The van der Waals surface area contributed by atoms with Crippen LogP contribution in [0.15, 0.2) is 30.3 Å². The summed E-state index contributed by atoms with van der Waals surface area (Å²) in [5.74, 6) is -2.06. The lowest BCUT2D eigenvalue weighted by atomic mass is 10.0. The predicted octanol–water partition coefficient (Wildman–Crippen LogP) is 3.57. The van der Waals surface area contributed by atoms with E-state index in [9.17, 15) is 18.0 Å². The van der Waals surface area contributed by atoms with Gasteiger partial charge in [0.15, 0.2) is 0 Å². The molecular weight excluding hydrogens is 245 g/mol. The fourth-order valence-corrected chi connectivity index (χ4v) is 2.19. The van der Waals surface area contributed by atoms with Gasteiger partial charge in [0.1, 0.15) is 5.75 Å². The van der Waals surface area contributed by atoms with Gasteiger partial charge < -0.3 is 4.74 Å². The second-order valence-corrected chi connectivity index (χ2v) is 4.51. The van der Waals surface area contributed by atoms with Gasteiger partial charge in [-0.1, -0.05) is 25.1 Å². The lowest BCUT2D eigenvalue weighted by molar-refractivity contribution is -0.167. The maximum Gasteiger partial charge on any atom is 0.392 e. The van der Waals surface area contributed by atoms with Crippen LogP contribution in [0.5, 0.6) is 5.75 Å². The van der Waals surface area contributed by atoms with E-state index in [-0.39, 0.29) is 18.6 Å². The summed E-state index contributed by atoms with van der Waals surface area (Å²) in [7, 11) is 0. The van der Waals surface area contributed by atoms with Crippen molar-refractivity contribution in [3.05, 3.63) is 30.3 Å². The van der Waals surface area contributed by atoms with E-state index in [1.807, 2.05) is 0 Å². The summed E-state index contributed by atoms with van der Waals surface area (Å²) in [6.45, 7) is 1.58. The first-order chi connectivity index (χ1) is 8.40. The molecule has 2 rings (SSSR count). The van der Waals surface area contributed by atoms with Crippen LogP contribution in [0.1, 0.15) is 19.8 Å². The van der Waals surface area contributed by atoms with E-state index >= 15 is 0 Å². The number of para-hydroxylation sites is 1. The molecule has 2 unspecified atom stereocenters. The van der Waals surface area contributed by atoms with E-state index < -0.39 is 23.5 Å². The summed E-state index contributed by atoms with van der Waals surface area (Å²) in [4.78, 5) is 11.9. The number of carbonyl (C=O) groups is 1. The van der Waals surface area contributed by atoms with E-state index in [1.165, 1.54) is 0 Å². The molecule has 0 spiro atoms. The molecule has 1 aromatic carbocycles. The van der Waals surface area contributed by atoms with Gasteiger partial charge in [-0.05, 0) is 25.0 Å². The van der Waals surface area contributed by atoms with Gasteiger partial charge in [0.2, 0.25) is 0 Å². The number of ether oxygens (including phenoxy) is 1. The van der Waals surface area contributed by atoms with Gasteiger partial charge in [-0.15, -0.1) is 0 Å². The minimum Gasteiger partial charge on any atom is -0.426 e. The Kier molecular flexibility index (Phi) is 3.09. The van der Waals surface area contributed by atoms with E-state index in [1.54, 1.807) is 37.3 Å². The number of alkyl halides is 3. The number of hydrogen-bond donors (Lipinski definition) is 0. The first-order valence-electron chi connectivity index (χ1n) is 5.74. The van der Waals surface area contributed by atoms with Gasteiger partial charge in [-0.25, -0.2) is 0 Å². The van der Waals surface area contributed by atoms with Gasteiger partial charge in [0, 0.05) is 0 Å². The average molecular weight is 258 g/mol. The molecular formula is C13H13F3O2. The van der Waals surface area contributed by atoms with Crippen LogP contribution in [0.4, 0.5) is 13.2 Å². The van der Waals surface area contributed by atoms with Crippen LogP contribution < -0.4 is 4.74 Å². The number of hydrogen-bond acceptors (Lipinski definition) is 2. The predicted molar refractivity (Wildman–Crippen MR) is 59.0 cm³/mol. The third-order valence-corrected chi connectivity index (χ3v) is 3.46. The Labute approximate surface area is 103 Å². The number of rotatable bonds is 3. The summed E-state index contributed by atoms with van der Waals surface area (Å²) in [6.07, 6.45) is -4.35. The Morgan fingerprint density at radius 1 is 1.39 bits per heavy atom. The van der Waals surface area contributed by atoms with Crippen LogP contribution in [-0.4, -0.2) is 12.1 Å². The summed E-state index contributed by atoms with van der Waals surface area (Å²) in [6, 6.07) is 8.16. The van der Waals surface area contributed by atoms with Crippen molar-refractivity contribution < 1.29 is 22.7 Å². The first-order valence-corrected chi connectivity index (χ1v) is 5.74. The summed E-state index contributed by atoms with van der Waals surface area (Å²) in [5.41, 5.74) is -1.38. The van der Waals surface area contributed by atoms with E-state index in [0.29, 0.717) is 0 Å². The fourth-order valence-electron chi connectivity index (χ4n) is 2.19. The van der Waals surface area contributed by atoms with E-state index in [2.05, 4.69) is 0 Å². The molecule has 18 heavy (non-hydrogen) atoms. The molecule has 0 N–H and O–H groups in total. The molecule has 1 aliphatic carbocycles. The maximum absolute atomic E-state index is 12.6. The van der Waals surface area contributed by atoms with Crippen LogP contribution >= 0.6 is 0 Å². The average Bonchev–Trinajstić information content (AvgIpc) is 3.06. The quantitative estimate of drug-likeness (QED) is 0.612. The molecule has 0 saturated heterocycles. The standard InChI is InChI=1S/C13H13F3O2/c1-2-12(8-10(12)13(14,15)16)11(17)18-9-6-4-3-5-7-9/h3-7,10H,2,8H2,1H3. The Hall–Kier alpha value is -1.52. The van der Waals surface area contributed by atoms with Crippen LogP contribution in [-0.2, 0) is 4.79 Å². The fraction of sp³-hybridized carbons (Fsp3) is 0.462. The van der Waals surface area contributed by atoms with Crippen molar-refractivity contribution in [2.24, 2.45) is 11.3 Å². The molecule has 5 heteroatoms. The molecule has 1 aromatic rings. The third kappa shape index (κ3) is 2.21. The normalized spacial score (nSPS) is 26.8. The number of esters is 1. The molecule has 1 fully saturated rings. The topological polar surface area (TPSA) is 26.3 Å². The van der Waals surface area contributed by atoms with E-state index in [0.717, 1.165) is 0 Å². The SMILES string of the molecule is CCC1(C(=O)Oc2ccccc2)CC1C(F)(F)F. The molecule has 2 nitrogen and oxygen atoms in total. The molecule has 0 aliphatic heterocycles. The largest absolute Gasteiger partial charge is 0.426 e. The zero-order valence-electron chi connectivity index (χ0n) is 9.83. The maximum atomic E-state index is 12.6. The van der Waals surface area contributed by atoms with Gasteiger partial charge >= 0.3 is 12.1 Å². The minimum absolute atomic E-state index is 0.142. The van der Waals surface area contributed by atoms with Gasteiger partial charge in [-0.2, -0.15) is 13.2 Å². The zero-order chi connectivity index (χ0) is 13.4. The molecule has 1 saturated carbocycles. The Balaban J connectivity index is 2.10. The van der Waals surface area contributed by atoms with Crippen molar-refractivity contribution in [2.75, 3.05) is 0 Å². The molecule has 2 atom stereocenters. The van der Waals surface area contributed by atoms with Gasteiger partial charge in [-0.3, -0.25) is 4.79 Å². The van der Waals surface area contributed by atoms with Crippen LogP contribution in [0.25, 0.3) is 0 Å². The highest BCUT2D eigenvalue weighted by Crippen LogP contribution is 2.62. The van der Waals surface area contributed by atoms with Crippen LogP contribution in [0, 0.1) is 11.3 Å². The number of carbonyl (C=O) groups excluding carboxylic acids is 1. The second-order valence-electron chi connectivity index (χ2n) is 4.51. The van der Waals surface area contributed by atoms with Gasteiger partial charge in [0.05, 0.1) is 11.3 Å². The van der Waals surface area contributed by atoms with Crippen molar-refractivity contribution in [1.82, 2.24) is 0 Å². The Bertz CT molecular complexity index is 441. The van der Waals surface area contributed by atoms with Crippen molar-refractivity contribution in [3.8, 4) is 5.75 Å². The summed E-state index contributed by atoms with van der Waals surface area (Å²) >= 11 is 0. The lowest BCUT2D eigenvalue weighted by Gasteiger charge is -2.15. The van der Waals surface area contributed by atoms with Gasteiger partial charge in [0.25, 0.3) is 0 Å².